The van der Waals surface area contributed by atoms with E-state index in [9.17, 15) is 65.4 Å². The summed E-state index contributed by atoms with van der Waals surface area (Å²) in [5.74, 6) is -7.00. The van der Waals surface area contributed by atoms with Crippen LogP contribution in [0.5, 0.6) is 0 Å². The molecule has 3 rings (SSSR count). The summed E-state index contributed by atoms with van der Waals surface area (Å²) < 4.78 is 22.7. The summed E-state index contributed by atoms with van der Waals surface area (Å²) in [4.78, 5) is 37.5. The number of carboxylic acids is 1. The van der Waals surface area contributed by atoms with E-state index in [2.05, 4.69) is 0 Å². The normalized spacial score (nSPS) is 43.0. The largest absolute Gasteiger partial charge is 0.481 e. The lowest BCUT2D eigenvalue weighted by atomic mass is 9.82. The third-order valence-corrected chi connectivity index (χ3v) is 10.9. The van der Waals surface area contributed by atoms with Gasteiger partial charge in [-0.1, -0.05) is 92.0 Å². The van der Waals surface area contributed by atoms with E-state index in [1.807, 2.05) is 6.92 Å². The highest BCUT2D eigenvalue weighted by Crippen LogP contribution is 2.38. The van der Waals surface area contributed by atoms with Crippen LogP contribution in [0.2, 0.25) is 0 Å². The number of carboxylic acid groups (broad SMARTS) is 1. The van der Waals surface area contributed by atoms with Gasteiger partial charge in [-0.25, -0.2) is 0 Å². The summed E-state index contributed by atoms with van der Waals surface area (Å²) in [6.45, 7) is 3.15. The molecule has 0 aliphatic carbocycles. The van der Waals surface area contributed by atoms with E-state index in [1.54, 1.807) is 85.9 Å². The first-order valence-electron chi connectivity index (χ1n) is 21.3. The van der Waals surface area contributed by atoms with E-state index in [4.69, 9.17) is 24.7 Å². The second-order valence-corrected chi connectivity index (χ2v) is 16.5. The Balaban J connectivity index is 1.83. The molecular formula is C45H67NO17. The van der Waals surface area contributed by atoms with Crippen molar-refractivity contribution in [2.75, 3.05) is 6.61 Å². The highest BCUT2D eigenvalue weighted by Gasteiger charge is 2.51. The molecule has 2 bridgehead atoms. The van der Waals surface area contributed by atoms with Crippen molar-refractivity contribution in [3.05, 3.63) is 85.1 Å². The number of aliphatic hydroxyl groups excluding tert-OH is 8. The zero-order valence-corrected chi connectivity index (χ0v) is 35.7. The van der Waals surface area contributed by atoms with Crippen LogP contribution in [0.3, 0.4) is 0 Å². The van der Waals surface area contributed by atoms with Crippen LogP contribution in [0.25, 0.3) is 0 Å². The van der Waals surface area contributed by atoms with Gasteiger partial charge in [0, 0.05) is 50.9 Å². The number of carbonyl (C=O) groups excluding carboxylic acids is 2. The molecule has 16 atom stereocenters. The number of hydrogen-bond donors (Lipinski definition) is 11. The summed E-state index contributed by atoms with van der Waals surface area (Å²) in [6.07, 6.45) is 4.83. The van der Waals surface area contributed by atoms with Gasteiger partial charge in [0.15, 0.2) is 12.1 Å². The van der Waals surface area contributed by atoms with Gasteiger partial charge in [-0.15, -0.1) is 0 Å². The van der Waals surface area contributed by atoms with Crippen molar-refractivity contribution >= 4 is 17.7 Å². The summed E-state index contributed by atoms with van der Waals surface area (Å²) in [5, 5.41) is 106. The van der Waals surface area contributed by atoms with Gasteiger partial charge in [0.05, 0.1) is 74.0 Å². The van der Waals surface area contributed by atoms with Crippen molar-refractivity contribution in [3.8, 4) is 0 Å². The van der Waals surface area contributed by atoms with E-state index < -0.39 is 135 Å². The maximum Gasteiger partial charge on any atom is 0.311 e. The highest BCUT2D eigenvalue weighted by atomic mass is 16.7. The molecule has 0 amide bonds. The Hall–Kier alpha value is -3.73. The van der Waals surface area contributed by atoms with Gasteiger partial charge >= 0.3 is 11.9 Å². The summed E-state index contributed by atoms with van der Waals surface area (Å²) in [5.41, 5.74) is 5.92. The molecule has 0 aromatic carbocycles. The van der Waals surface area contributed by atoms with Crippen LogP contribution in [0.4, 0.5) is 0 Å². The molecule has 5 unspecified atom stereocenters. The first-order valence-corrected chi connectivity index (χ1v) is 21.3. The van der Waals surface area contributed by atoms with Crippen molar-refractivity contribution in [1.29, 1.82) is 0 Å². The van der Waals surface area contributed by atoms with Crippen LogP contribution in [0.15, 0.2) is 85.1 Å². The van der Waals surface area contributed by atoms with Crippen molar-refractivity contribution < 1.29 is 84.4 Å². The number of rotatable bonds is 3. The Bertz CT molecular complexity index is 1640. The van der Waals surface area contributed by atoms with Gasteiger partial charge in [-0.05, 0) is 13.3 Å². The second kappa shape index (κ2) is 26.9. The van der Waals surface area contributed by atoms with Gasteiger partial charge in [0.2, 0.25) is 0 Å². The number of hydrogen-bond acceptors (Lipinski definition) is 17. The topological polar surface area (TPSA) is 316 Å². The smallest absolute Gasteiger partial charge is 0.311 e. The van der Waals surface area contributed by atoms with Crippen molar-refractivity contribution in [1.82, 2.24) is 0 Å². The fourth-order valence-electron chi connectivity index (χ4n) is 7.34. The quantitative estimate of drug-likeness (QED) is 0.170. The zero-order chi connectivity index (χ0) is 46.7. The Morgan fingerprint density at radius 1 is 0.714 bits per heavy atom. The predicted octanol–water partition coefficient (Wildman–Crippen LogP) is 0.285. The van der Waals surface area contributed by atoms with E-state index in [1.165, 1.54) is 6.08 Å². The van der Waals surface area contributed by atoms with E-state index in [0.717, 1.165) is 0 Å². The van der Waals surface area contributed by atoms with Gasteiger partial charge in [-0.3, -0.25) is 14.4 Å². The van der Waals surface area contributed by atoms with Crippen LogP contribution in [-0.4, -0.2) is 161 Å². The minimum absolute atomic E-state index is 0.135. The molecule has 0 aromatic heterocycles. The molecule has 3 heterocycles. The number of Topliss-reactive ketones (excluding diaryl/α,β-unsaturated/α-hetero) is 1. The lowest BCUT2D eigenvalue weighted by Gasteiger charge is -2.45. The van der Waals surface area contributed by atoms with E-state index in [0.29, 0.717) is 0 Å². The number of nitrogens with two attached hydrogens (primary N) is 1. The van der Waals surface area contributed by atoms with Crippen LogP contribution in [0.1, 0.15) is 71.6 Å². The number of allylic oxidation sites excluding steroid dienone is 12. The number of aliphatic carboxylic acids is 1. The summed E-state index contributed by atoms with van der Waals surface area (Å²) in [6, 6.07) is -1.13. The third kappa shape index (κ3) is 19.1. The van der Waals surface area contributed by atoms with Crippen LogP contribution in [-0.2, 0) is 33.3 Å². The van der Waals surface area contributed by atoms with Crippen molar-refractivity contribution in [3.63, 3.8) is 0 Å². The number of fused-ring (bicyclic) bond motifs is 2. The molecule has 354 valence electrons. The number of aliphatic hydroxyl groups is 9. The fraction of sp³-hybridized carbons (Fsp3) is 0.622. The second-order valence-electron chi connectivity index (χ2n) is 16.5. The number of ether oxygens (including phenoxy) is 4. The van der Waals surface area contributed by atoms with Crippen LogP contribution >= 0.6 is 0 Å². The molecule has 2 saturated heterocycles. The molecule has 0 saturated carbocycles. The monoisotopic (exact) mass is 893 g/mol. The SMILES string of the molecule is C[C@H]1C[C@H](O)[C@@H](C)/C=C/C=C/C=C/C=C/C=C/C=C/C=C/C(O[C@@H]2OC[C@@H](O)[C@H](N)[C@@H]2O)C[C@@H]2O[C@](O)(CC(O)C(O)CCC(=O)CC(O)CC(O)CC(=O)O1)C[C@H](O)[C@H]2C(=O)O. The molecule has 0 aromatic rings. The summed E-state index contributed by atoms with van der Waals surface area (Å²) in [7, 11) is 0. The van der Waals surface area contributed by atoms with Gasteiger partial charge in [0.25, 0.3) is 0 Å². The molecule has 3 aliphatic heterocycles. The van der Waals surface area contributed by atoms with Gasteiger partial charge < -0.3 is 75.7 Å². The van der Waals surface area contributed by atoms with Gasteiger partial charge in [0.1, 0.15) is 23.9 Å². The summed E-state index contributed by atoms with van der Waals surface area (Å²) >= 11 is 0. The Morgan fingerprint density at radius 2 is 1.27 bits per heavy atom. The van der Waals surface area contributed by atoms with Crippen molar-refractivity contribution in [2.24, 2.45) is 17.6 Å². The Kier molecular flexibility index (Phi) is 22.9. The molecule has 0 radical (unpaired) electrons. The van der Waals surface area contributed by atoms with Crippen molar-refractivity contribution in [2.45, 2.75) is 157 Å². The third-order valence-electron chi connectivity index (χ3n) is 10.9. The van der Waals surface area contributed by atoms with Gasteiger partial charge in [-0.2, -0.15) is 0 Å². The van der Waals surface area contributed by atoms with E-state index in [-0.39, 0.29) is 44.6 Å². The molecule has 12 N–H and O–H groups in total. The molecule has 18 heteroatoms. The number of carbonyl (C=O) groups is 3. The average Bonchev–Trinajstić information content (AvgIpc) is 3.18. The Morgan fingerprint density at radius 3 is 1.87 bits per heavy atom. The van der Waals surface area contributed by atoms with Crippen LogP contribution < -0.4 is 5.73 Å². The highest BCUT2D eigenvalue weighted by molar-refractivity contribution is 5.78. The minimum atomic E-state index is -2.37. The Labute approximate surface area is 367 Å². The number of cyclic esters (lactones) is 1. The zero-order valence-electron chi connectivity index (χ0n) is 35.7. The molecule has 18 nitrogen and oxygen atoms in total. The fourth-order valence-corrected chi connectivity index (χ4v) is 7.34. The standard InChI is InChI=1S/C45H67NO17/c1-27-15-13-11-9-7-5-3-4-6-8-10-12-14-16-32(62-44-42(56)41(46)37(54)26-60-44)23-38-40(43(57)58)36(53)25-45(59,63-38)24-35(52)33(50)18-17-29(47)20-30(48)21-31(49)22-39(55)61-28(2)19-34(27)51/h3-16,27-28,30-38,40-42,44,48-54,56,59H,17-26,46H2,1-2H3,(H,57,58)/b4-3+,7-5+,8-6+,11-9+,12-10+,15-13+,16-14+/t27-,28-,30?,31?,32?,33?,34-,35?,36-,37+,38-,40+,41-,42-,44-,45+/m0/s1. The minimum Gasteiger partial charge on any atom is -0.481 e. The predicted molar refractivity (Wildman–Crippen MR) is 227 cm³/mol. The van der Waals surface area contributed by atoms with Crippen LogP contribution in [0, 0.1) is 11.8 Å². The first kappa shape index (κ1) is 53.6. The lowest BCUT2D eigenvalue weighted by Crippen LogP contribution is -2.59. The maximum absolute atomic E-state index is 12.7. The number of esters is 1. The first-order chi connectivity index (χ1) is 29.8. The average molecular weight is 894 g/mol. The number of ketones is 1. The molecule has 3 aliphatic rings. The molecule has 63 heavy (non-hydrogen) atoms. The van der Waals surface area contributed by atoms with E-state index >= 15 is 0 Å². The maximum atomic E-state index is 12.7. The molecule has 2 fully saturated rings. The lowest BCUT2D eigenvalue weighted by molar-refractivity contribution is -0.307. The molecule has 0 spiro atoms. The molecular weight excluding hydrogens is 826 g/mol.